The normalized spacial score (nSPS) is 16.1. The number of methoxy groups -OCH3 is 1. The summed E-state index contributed by atoms with van der Waals surface area (Å²) in [5.74, 6) is -0.506. The summed E-state index contributed by atoms with van der Waals surface area (Å²) >= 11 is 7.56. The molecule has 6 nitrogen and oxygen atoms in total. The average Bonchev–Trinajstić information content (AvgIpc) is 2.74. The second kappa shape index (κ2) is 8.37. The minimum Gasteiger partial charge on any atom is -0.494 e. The second-order valence-electron chi connectivity index (χ2n) is 5.32. The summed E-state index contributed by atoms with van der Waals surface area (Å²) in [6.45, 7) is 3.01. The van der Waals surface area contributed by atoms with Gasteiger partial charge < -0.3 is 9.47 Å². The van der Waals surface area contributed by atoms with Crippen LogP contribution in [0.25, 0.3) is 6.08 Å². The van der Waals surface area contributed by atoms with Crippen molar-refractivity contribution in [3.05, 3.63) is 31.5 Å². The lowest BCUT2D eigenvalue weighted by atomic mass is 10.2. The fraction of sp³-hybridized carbons (Fsp3) is 0.312. The first kappa shape index (κ1) is 20.0. The van der Waals surface area contributed by atoms with Crippen LogP contribution in [0, 0.1) is 0 Å². The fourth-order valence-corrected chi connectivity index (χ4v) is 4.46. The van der Waals surface area contributed by atoms with Crippen LogP contribution in [-0.2, 0) is 14.3 Å². The molecule has 0 atom stereocenters. The molecule has 0 spiro atoms. The molecule has 1 heterocycles. The molecule has 0 unspecified atom stereocenters. The number of amides is 2. The van der Waals surface area contributed by atoms with Crippen molar-refractivity contribution < 1.29 is 23.9 Å². The largest absolute Gasteiger partial charge is 0.494 e. The van der Waals surface area contributed by atoms with Crippen molar-refractivity contribution in [2.45, 2.75) is 20.0 Å². The number of ether oxygens (including phenoxy) is 2. The van der Waals surface area contributed by atoms with E-state index in [-0.39, 0.29) is 11.0 Å². The van der Waals surface area contributed by atoms with E-state index in [0.717, 1.165) is 16.7 Å². The third kappa shape index (κ3) is 4.86. The van der Waals surface area contributed by atoms with E-state index in [1.165, 1.54) is 0 Å². The van der Waals surface area contributed by atoms with Crippen LogP contribution in [0.1, 0.15) is 19.4 Å². The molecule has 0 aromatic heterocycles. The topological polar surface area (TPSA) is 72.9 Å². The summed E-state index contributed by atoms with van der Waals surface area (Å²) < 4.78 is 11.6. The molecule has 9 heteroatoms. The first-order valence-corrected chi connectivity index (χ1v) is 9.61. The van der Waals surface area contributed by atoms with Gasteiger partial charge in [-0.25, -0.2) is 0 Å². The quantitative estimate of drug-likeness (QED) is 0.453. The molecule has 2 amide bonds. The predicted molar refractivity (Wildman–Crippen MR) is 102 cm³/mol. The van der Waals surface area contributed by atoms with Crippen LogP contribution in [0.15, 0.2) is 26.0 Å². The molecule has 134 valence electrons. The Morgan fingerprint density at radius 1 is 1.28 bits per heavy atom. The van der Waals surface area contributed by atoms with Gasteiger partial charge in [0.2, 0.25) is 0 Å². The maximum Gasteiger partial charge on any atom is 0.326 e. The Hall–Kier alpha value is -1.32. The Bertz CT molecular complexity index is 740. The number of carbonyl (C=O) groups is 3. The number of carbonyl (C=O) groups excluding carboxylic acids is 3. The van der Waals surface area contributed by atoms with E-state index >= 15 is 0 Å². The standard InChI is InChI=1S/C16H15Br2NO5S/c1-8(2)24-13(20)7-19-15(21)12(25-16(19)22)6-9-4-10(17)14(23-3)11(18)5-9/h4-6,8H,7H2,1-3H3/b12-6+. The Morgan fingerprint density at radius 2 is 1.88 bits per heavy atom. The summed E-state index contributed by atoms with van der Waals surface area (Å²) in [5, 5.41) is -0.497. The van der Waals surface area contributed by atoms with Crippen molar-refractivity contribution in [1.82, 2.24) is 4.90 Å². The van der Waals surface area contributed by atoms with Gasteiger partial charge in [-0.1, -0.05) is 0 Å². The number of nitrogens with zero attached hydrogens (tertiary/aromatic N) is 1. The molecule has 0 bridgehead atoms. The Labute approximate surface area is 166 Å². The van der Waals surface area contributed by atoms with Crippen molar-refractivity contribution >= 4 is 66.8 Å². The van der Waals surface area contributed by atoms with Gasteiger partial charge in [-0.2, -0.15) is 0 Å². The lowest BCUT2D eigenvalue weighted by molar-refractivity contribution is -0.149. The maximum absolute atomic E-state index is 12.4. The van der Waals surface area contributed by atoms with Crippen LogP contribution in [0.5, 0.6) is 5.75 Å². The summed E-state index contributed by atoms with van der Waals surface area (Å²) in [7, 11) is 1.55. The molecular formula is C16H15Br2NO5S. The highest BCUT2D eigenvalue weighted by atomic mass is 79.9. The van der Waals surface area contributed by atoms with Crippen LogP contribution in [0.3, 0.4) is 0 Å². The zero-order valence-electron chi connectivity index (χ0n) is 13.7. The average molecular weight is 493 g/mol. The number of esters is 1. The van der Waals surface area contributed by atoms with E-state index < -0.39 is 23.7 Å². The molecule has 0 radical (unpaired) electrons. The number of imide groups is 1. The van der Waals surface area contributed by atoms with Gasteiger partial charge in [-0.05, 0) is 81.2 Å². The monoisotopic (exact) mass is 491 g/mol. The number of hydrogen-bond donors (Lipinski definition) is 0. The van der Waals surface area contributed by atoms with Gasteiger partial charge in [0.05, 0.1) is 27.1 Å². The molecule has 0 aliphatic carbocycles. The minimum atomic E-state index is -0.617. The zero-order chi connectivity index (χ0) is 18.7. The van der Waals surface area contributed by atoms with Crippen LogP contribution >= 0.6 is 43.6 Å². The van der Waals surface area contributed by atoms with Crippen LogP contribution in [0.2, 0.25) is 0 Å². The van der Waals surface area contributed by atoms with E-state index in [2.05, 4.69) is 31.9 Å². The SMILES string of the molecule is COc1c(Br)cc(/C=C2/SC(=O)N(CC(=O)OC(C)C)C2=O)cc1Br. The summed E-state index contributed by atoms with van der Waals surface area (Å²) in [4.78, 5) is 37.2. The highest BCUT2D eigenvalue weighted by Crippen LogP contribution is 2.37. The fourth-order valence-electron chi connectivity index (χ4n) is 2.07. The van der Waals surface area contributed by atoms with Crippen molar-refractivity contribution in [1.29, 1.82) is 0 Å². The molecule has 1 aromatic rings. The molecule has 25 heavy (non-hydrogen) atoms. The van der Waals surface area contributed by atoms with Crippen LogP contribution in [-0.4, -0.2) is 41.8 Å². The highest BCUT2D eigenvalue weighted by molar-refractivity contribution is 9.11. The molecule has 1 aliphatic heterocycles. The Balaban J connectivity index is 2.21. The van der Waals surface area contributed by atoms with E-state index in [0.29, 0.717) is 20.3 Å². The molecular weight excluding hydrogens is 478 g/mol. The molecule has 1 aliphatic rings. The maximum atomic E-state index is 12.4. The third-order valence-electron chi connectivity index (χ3n) is 3.05. The number of benzene rings is 1. The smallest absolute Gasteiger partial charge is 0.326 e. The third-order valence-corrected chi connectivity index (χ3v) is 5.14. The zero-order valence-corrected chi connectivity index (χ0v) is 17.7. The molecule has 0 N–H and O–H groups in total. The summed E-state index contributed by atoms with van der Waals surface area (Å²) in [6, 6.07) is 3.54. The van der Waals surface area contributed by atoms with Gasteiger partial charge in [-0.15, -0.1) is 0 Å². The number of rotatable bonds is 5. The van der Waals surface area contributed by atoms with Gasteiger partial charge in [0.1, 0.15) is 12.3 Å². The Kier molecular flexibility index (Phi) is 6.70. The van der Waals surface area contributed by atoms with Gasteiger partial charge in [0.15, 0.2) is 0 Å². The summed E-state index contributed by atoms with van der Waals surface area (Å²) in [5.41, 5.74) is 0.704. The molecule has 2 rings (SSSR count). The predicted octanol–water partition coefficient (Wildman–Crippen LogP) is 4.21. The van der Waals surface area contributed by atoms with Gasteiger partial charge >= 0.3 is 5.97 Å². The molecule has 1 aromatic carbocycles. The number of thioether (sulfide) groups is 1. The van der Waals surface area contributed by atoms with E-state index in [9.17, 15) is 14.4 Å². The van der Waals surface area contributed by atoms with E-state index in [1.807, 2.05) is 0 Å². The number of hydrogen-bond acceptors (Lipinski definition) is 6. The van der Waals surface area contributed by atoms with Crippen molar-refractivity contribution in [2.24, 2.45) is 0 Å². The number of halogens is 2. The minimum absolute atomic E-state index is 0.242. The Morgan fingerprint density at radius 3 is 2.40 bits per heavy atom. The van der Waals surface area contributed by atoms with Crippen molar-refractivity contribution in [3.63, 3.8) is 0 Å². The van der Waals surface area contributed by atoms with Crippen molar-refractivity contribution in [2.75, 3.05) is 13.7 Å². The summed E-state index contributed by atoms with van der Waals surface area (Å²) in [6.07, 6.45) is 1.28. The molecule has 1 saturated heterocycles. The lowest BCUT2D eigenvalue weighted by Gasteiger charge is -2.13. The first-order valence-electron chi connectivity index (χ1n) is 7.20. The highest BCUT2D eigenvalue weighted by Gasteiger charge is 2.36. The van der Waals surface area contributed by atoms with Gasteiger partial charge in [0.25, 0.3) is 11.1 Å². The van der Waals surface area contributed by atoms with Gasteiger partial charge in [-0.3, -0.25) is 19.3 Å². The second-order valence-corrected chi connectivity index (χ2v) is 8.03. The van der Waals surface area contributed by atoms with Crippen LogP contribution in [0.4, 0.5) is 4.79 Å². The molecule has 0 saturated carbocycles. The van der Waals surface area contributed by atoms with Gasteiger partial charge in [0, 0.05) is 0 Å². The van der Waals surface area contributed by atoms with E-state index in [4.69, 9.17) is 9.47 Å². The van der Waals surface area contributed by atoms with Crippen molar-refractivity contribution in [3.8, 4) is 5.75 Å². The molecule has 1 fully saturated rings. The van der Waals surface area contributed by atoms with E-state index in [1.54, 1.807) is 39.2 Å². The first-order chi connectivity index (χ1) is 11.7. The lowest BCUT2D eigenvalue weighted by Crippen LogP contribution is -2.35. The van der Waals surface area contributed by atoms with Crippen LogP contribution < -0.4 is 4.74 Å².